The van der Waals surface area contributed by atoms with Gasteiger partial charge in [-0.2, -0.15) is 0 Å². The molecule has 1 heterocycles. The van der Waals surface area contributed by atoms with Crippen LogP contribution in [-0.4, -0.2) is 43.7 Å². The summed E-state index contributed by atoms with van der Waals surface area (Å²) in [6.07, 6.45) is 0. The number of hydrogen-bond acceptors (Lipinski definition) is 7. The number of amides is 1. The third-order valence-corrected chi connectivity index (χ3v) is 3.64. The highest BCUT2D eigenvalue weighted by Crippen LogP contribution is 2.28. The Morgan fingerprint density at radius 3 is 2.54 bits per heavy atom. The Morgan fingerprint density at radius 2 is 1.92 bits per heavy atom. The Hall–Kier alpha value is -2.87. The zero-order valence-electron chi connectivity index (χ0n) is 14.4. The molecule has 1 aromatic carbocycles. The second kappa shape index (κ2) is 8.48. The average Bonchev–Trinajstić information content (AvgIpc) is 2.64. The highest BCUT2D eigenvalue weighted by Gasteiger charge is 2.19. The molecule has 2 aromatic rings. The maximum atomic E-state index is 11.9. The lowest BCUT2D eigenvalue weighted by atomic mass is 10.1. The first-order valence-corrected chi connectivity index (χ1v) is 7.99. The van der Waals surface area contributed by atoms with Gasteiger partial charge in [0.1, 0.15) is 5.56 Å². The third kappa shape index (κ3) is 4.20. The number of hydrogen-bond donors (Lipinski definition) is 1. The van der Waals surface area contributed by atoms with Crippen molar-refractivity contribution in [2.45, 2.75) is 13.5 Å². The van der Waals surface area contributed by atoms with E-state index in [0.29, 0.717) is 21.5 Å². The molecule has 138 valence electrons. The number of esters is 2. The number of aromatic nitrogens is 1. The van der Waals surface area contributed by atoms with E-state index in [1.807, 2.05) is 0 Å². The molecule has 0 spiro atoms. The number of fused-ring (bicyclic) bond motifs is 1. The van der Waals surface area contributed by atoms with E-state index in [9.17, 15) is 14.4 Å². The second-order valence-corrected chi connectivity index (χ2v) is 5.51. The molecule has 2 rings (SSSR count). The van der Waals surface area contributed by atoms with E-state index in [1.165, 1.54) is 20.3 Å². The average molecular weight is 381 g/mol. The monoisotopic (exact) mass is 380 g/mol. The molecule has 1 N–H and O–H groups in total. The van der Waals surface area contributed by atoms with Crippen molar-refractivity contribution in [3.8, 4) is 5.88 Å². The molecule has 0 fully saturated rings. The van der Waals surface area contributed by atoms with E-state index < -0.39 is 17.8 Å². The summed E-state index contributed by atoms with van der Waals surface area (Å²) < 4.78 is 14.5. The summed E-state index contributed by atoms with van der Waals surface area (Å²) in [5.41, 5.74) is 1.15. The van der Waals surface area contributed by atoms with Gasteiger partial charge in [0.15, 0.2) is 0 Å². The fourth-order valence-electron chi connectivity index (χ4n) is 2.30. The van der Waals surface area contributed by atoms with E-state index >= 15 is 0 Å². The van der Waals surface area contributed by atoms with E-state index in [1.54, 1.807) is 19.1 Å². The molecular formula is C17H17ClN2O6. The number of nitrogens with one attached hydrogen (secondary N) is 1. The number of rotatable bonds is 5. The molecule has 8 nitrogen and oxygen atoms in total. The van der Waals surface area contributed by atoms with Crippen LogP contribution in [0, 0.1) is 0 Å². The second-order valence-electron chi connectivity index (χ2n) is 5.08. The number of pyridine rings is 1. The summed E-state index contributed by atoms with van der Waals surface area (Å²) in [6.45, 7) is 1.69. The van der Waals surface area contributed by atoms with Crippen molar-refractivity contribution >= 4 is 40.3 Å². The fraction of sp³-hybridized carbons (Fsp3) is 0.294. The van der Waals surface area contributed by atoms with Crippen LogP contribution in [0.15, 0.2) is 18.2 Å². The van der Waals surface area contributed by atoms with Gasteiger partial charge in [-0.15, -0.1) is 0 Å². The zero-order valence-corrected chi connectivity index (χ0v) is 15.2. The van der Waals surface area contributed by atoms with Crippen LogP contribution in [0.25, 0.3) is 10.9 Å². The molecule has 0 bridgehead atoms. The quantitative estimate of drug-likeness (QED) is 0.623. The van der Waals surface area contributed by atoms with Crippen molar-refractivity contribution < 1.29 is 28.6 Å². The lowest BCUT2D eigenvalue weighted by Crippen LogP contribution is -2.32. The maximum absolute atomic E-state index is 11.9. The topological polar surface area (TPSA) is 104 Å². The highest BCUT2D eigenvalue weighted by molar-refractivity contribution is 6.32. The predicted octanol–water partition coefficient (Wildman–Crippen LogP) is 1.86. The lowest BCUT2D eigenvalue weighted by molar-refractivity contribution is -0.154. The van der Waals surface area contributed by atoms with Crippen molar-refractivity contribution in [3.05, 3.63) is 34.3 Å². The summed E-state index contributed by atoms with van der Waals surface area (Å²) in [5, 5.41) is 3.37. The molecule has 0 aliphatic carbocycles. The largest absolute Gasteiger partial charge is 0.480 e. The Balaban J connectivity index is 2.42. The Labute approximate surface area is 154 Å². The molecule has 0 saturated heterocycles. The molecule has 1 aromatic heterocycles. The molecule has 0 atom stereocenters. The molecule has 0 unspecified atom stereocenters. The van der Waals surface area contributed by atoms with Gasteiger partial charge in [-0.1, -0.05) is 11.6 Å². The Bertz CT molecular complexity index is 868. The molecular weight excluding hydrogens is 364 g/mol. The summed E-state index contributed by atoms with van der Waals surface area (Å²) in [7, 11) is 2.62. The van der Waals surface area contributed by atoms with Crippen molar-refractivity contribution in [1.29, 1.82) is 0 Å². The van der Waals surface area contributed by atoms with Crippen LogP contribution in [-0.2, 0) is 25.6 Å². The van der Waals surface area contributed by atoms with Crippen LogP contribution >= 0.6 is 11.6 Å². The molecule has 26 heavy (non-hydrogen) atoms. The van der Waals surface area contributed by atoms with Gasteiger partial charge >= 0.3 is 17.8 Å². The number of benzene rings is 1. The van der Waals surface area contributed by atoms with Crippen LogP contribution in [0.4, 0.5) is 0 Å². The van der Waals surface area contributed by atoms with E-state index in [-0.39, 0.29) is 24.6 Å². The Kier molecular flexibility index (Phi) is 6.35. The Morgan fingerprint density at radius 1 is 1.19 bits per heavy atom. The zero-order chi connectivity index (χ0) is 19.3. The van der Waals surface area contributed by atoms with Gasteiger partial charge in [0.05, 0.1) is 26.3 Å². The smallest absolute Gasteiger partial charge is 0.396 e. The minimum absolute atomic E-state index is 0.0115. The first-order valence-electron chi connectivity index (χ1n) is 7.61. The van der Waals surface area contributed by atoms with Crippen molar-refractivity contribution in [2.24, 2.45) is 0 Å². The van der Waals surface area contributed by atoms with Gasteiger partial charge in [0.25, 0.3) is 0 Å². The van der Waals surface area contributed by atoms with Gasteiger partial charge in [-0.25, -0.2) is 14.6 Å². The fourth-order valence-corrected chi connectivity index (χ4v) is 2.54. The van der Waals surface area contributed by atoms with Crippen molar-refractivity contribution in [3.63, 3.8) is 0 Å². The number of halogens is 1. The number of ether oxygens (including phenoxy) is 3. The molecule has 0 radical (unpaired) electrons. The molecule has 0 aliphatic rings. The number of nitrogens with zero attached hydrogens (tertiary/aromatic N) is 1. The third-order valence-electron chi connectivity index (χ3n) is 3.43. The number of carbonyl (C=O) groups is 3. The van der Waals surface area contributed by atoms with Gasteiger partial charge < -0.3 is 19.5 Å². The number of methoxy groups -OCH3 is 2. The molecule has 0 saturated carbocycles. The normalized spacial score (nSPS) is 10.3. The minimum atomic E-state index is -0.975. The first kappa shape index (κ1) is 19.5. The highest BCUT2D eigenvalue weighted by atomic mass is 35.5. The van der Waals surface area contributed by atoms with Crippen LogP contribution in [0.2, 0.25) is 5.02 Å². The van der Waals surface area contributed by atoms with Crippen molar-refractivity contribution in [1.82, 2.24) is 10.3 Å². The van der Waals surface area contributed by atoms with E-state index in [2.05, 4.69) is 15.0 Å². The van der Waals surface area contributed by atoms with Gasteiger partial charge in [0.2, 0.25) is 5.88 Å². The lowest BCUT2D eigenvalue weighted by Gasteiger charge is -2.12. The van der Waals surface area contributed by atoms with Gasteiger partial charge in [-0.3, -0.25) is 4.79 Å². The SMILES string of the molecule is CCOC(=O)C(=O)NCc1cc(Cl)cc2cc(C(=O)OC)c(OC)nc12. The number of carbonyl (C=O) groups excluding carboxylic acids is 3. The van der Waals surface area contributed by atoms with Crippen molar-refractivity contribution in [2.75, 3.05) is 20.8 Å². The summed E-state index contributed by atoms with van der Waals surface area (Å²) in [5.74, 6) is -2.38. The first-order chi connectivity index (χ1) is 12.4. The standard InChI is InChI=1S/C17H17ClN2O6/c1-4-26-17(23)14(21)19-8-10-6-11(18)5-9-7-12(16(22)25-3)15(24-2)20-13(9)10/h5-7H,4,8H2,1-3H3,(H,19,21). The predicted molar refractivity (Wildman–Crippen MR) is 93.1 cm³/mol. The molecule has 1 amide bonds. The summed E-state index contributed by atoms with van der Waals surface area (Å²) in [6, 6.07) is 4.75. The van der Waals surface area contributed by atoms with Gasteiger partial charge in [-0.05, 0) is 30.7 Å². The van der Waals surface area contributed by atoms with Crippen LogP contribution in [0.5, 0.6) is 5.88 Å². The van der Waals surface area contributed by atoms with E-state index in [4.69, 9.17) is 21.1 Å². The molecule has 9 heteroatoms. The van der Waals surface area contributed by atoms with Gasteiger partial charge in [0, 0.05) is 17.0 Å². The minimum Gasteiger partial charge on any atom is -0.480 e. The van der Waals surface area contributed by atoms with Crippen LogP contribution < -0.4 is 10.1 Å². The van der Waals surface area contributed by atoms with Crippen LogP contribution in [0.3, 0.4) is 0 Å². The van der Waals surface area contributed by atoms with E-state index in [0.717, 1.165) is 0 Å². The molecule has 0 aliphatic heterocycles. The summed E-state index contributed by atoms with van der Waals surface area (Å²) in [4.78, 5) is 39.3. The van der Waals surface area contributed by atoms with Crippen LogP contribution in [0.1, 0.15) is 22.8 Å². The summed E-state index contributed by atoms with van der Waals surface area (Å²) >= 11 is 6.11. The maximum Gasteiger partial charge on any atom is 0.396 e.